The number of nitrogens with two attached hydrogens (primary N) is 1. The molecule has 4 atom stereocenters. The molecule has 2 aliphatic rings. The molecule has 2 heterocycles. The molecule has 0 aliphatic carbocycles. The third kappa shape index (κ3) is 7.66. The van der Waals surface area contributed by atoms with Crippen molar-refractivity contribution in [3.8, 4) is 0 Å². The van der Waals surface area contributed by atoms with Crippen LogP contribution in [0.2, 0.25) is 0 Å². The summed E-state index contributed by atoms with van der Waals surface area (Å²) in [5.41, 5.74) is 8.30. The van der Waals surface area contributed by atoms with E-state index >= 15 is 0 Å². The summed E-state index contributed by atoms with van der Waals surface area (Å²) >= 11 is 0. The average Bonchev–Trinajstić information content (AvgIpc) is 3.60. The van der Waals surface area contributed by atoms with Gasteiger partial charge in [0.25, 0.3) is 0 Å². The fraction of sp³-hybridized carbons (Fsp3) is 0.467. The van der Waals surface area contributed by atoms with Gasteiger partial charge >= 0.3 is 5.97 Å². The van der Waals surface area contributed by atoms with E-state index in [9.17, 15) is 24.3 Å². The van der Waals surface area contributed by atoms with E-state index in [4.69, 9.17) is 5.73 Å². The number of carbonyl (C=O) groups excluding carboxylic acids is 3. The van der Waals surface area contributed by atoms with Gasteiger partial charge in [0.1, 0.15) is 12.1 Å². The summed E-state index contributed by atoms with van der Waals surface area (Å²) in [6.07, 6.45) is 3.47. The van der Waals surface area contributed by atoms with Gasteiger partial charge in [-0.15, -0.1) is 0 Å². The molecule has 0 aromatic heterocycles. The molecule has 4 rings (SSSR count). The quantitative estimate of drug-likeness (QED) is 0.405. The lowest BCUT2D eigenvalue weighted by Crippen LogP contribution is -2.52. The van der Waals surface area contributed by atoms with Gasteiger partial charge in [0.05, 0.1) is 0 Å². The summed E-state index contributed by atoms with van der Waals surface area (Å²) in [7, 11) is 0. The van der Waals surface area contributed by atoms with Gasteiger partial charge in [-0.1, -0.05) is 60.7 Å². The summed E-state index contributed by atoms with van der Waals surface area (Å²) in [6, 6.07) is 17.1. The van der Waals surface area contributed by atoms with Crippen molar-refractivity contribution in [1.29, 1.82) is 0 Å². The molecule has 2 fully saturated rings. The van der Waals surface area contributed by atoms with Crippen LogP contribution in [0.25, 0.3) is 0 Å². The third-order valence-corrected chi connectivity index (χ3v) is 7.58. The van der Waals surface area contributed by atoms with E-state index < -0.39 is 24.1 Å². The monoisotopic (exact) mass is 534 g/mol. The Kier molecular flexibility index (Phi) is 9.70. The lowest BCUT2D eigenvalue weighted by Gasteiger charge is -2.31. The number of carbonyl (C=O) groups is 4. The fourth-order valence-corrected chi connectivity index (χ4v) is 5.72. The van der Waals surface area contributed by atoms with Crippen molar-refractivity contribution in [2.75, 3.05) is 13.1 Å². The van der Waals surface area contributed by atoms with Gasteiger partial charge < -0.3 is 26.0 Å². The van der Waals surface area contributed by atoms with Crippen molar-refractivity contribution >= 4 is 23.7 Å². The van der Waals surface area contributed by atoms with Gasteiger partial charge in [-0.25, -0.2) is 4.79 Å². The van der Waals surface area contributed by atoms with E-state index in [-0.39, 0.29) is 36.6 Å². The molecular formula is C30H38N4O5. The van der Waals surface area contributed by atoms with Crippen molar-refractivity contribution in [2.24, 2.45) is 5.73 Å². The predicted octanol–water partition coefficient (Wildman–Crippen LogP) is 2.13. The molecule has 2 aliphatic heterocycles. The number of hydrogen-bond donors (Lipinski definition) is 3. The highest BCUT2D eigenvalue weighted by atomic mass is 16.4. The molecule has 2 aromatic rings. The minimum Gasteiger partial charge on any atom is -0.480 e. The summed E-state index contributed by atoms with van der Waals surface area (Å²) in [6.45, 7) is 0.832. The summed E-state index contributed by atoms with van der Waals surface area (Å²) < 4.78 is 0. The van der Waals surface area contributed by atoms with Gasteiger partial charge in [-0.3, -0.25) is 14.4 Å². The Balaban J connectivity index is 1.40. The van der Waals surface area contributed by atoms with Crippen LogP contribution in [0.1, 0.15) is 49.7 Å². The molecule has 39 heavy (non-hydrogen) atoms. The van der Waals surface area contributed by atoms with E-state index in [1.165, 1.54) is 4.90 Å². The van der Waals surface area contributed by atoms with E-state index in [0.717, 1.165) is 11.1 Å². The summed E-state index contributed by atoms with van der Waals surface area (Å²) in [5.74, 6) is -1.73. The first-order chi connectivity index (χ1) is 18.8. The Bertz CT molecular complexity index is 1140. The number of nitrogens with zero attached hydrogens (tertiary/aromatic N) is 2. The van der Waals surface area contributed by atoms with Crippen LogP contribution in [0.3, 0.4) is 0 Å². The second-order valence-electron chi connectivity index (χ2n) is 10.6. The molecule has 0 bridgehead atoms. The maximum atomic E-state index is 13.5. The zero-order valence-electron chi connectivity index (χ0n) is 22.2. The maximum Gasteiger partial charge on any atom is 0.326 e. The molecule has 0 saturated carbocycles. The number of carboxylic acids is 1. The predicted molar refractivity (Wildman–Crippen MR) is 147 cm³/mol. The Morgan fingerprint density at radius 2 is 1.38 bits per heavy atom. The van der Waals surface area contributed by atoms with Crippen molar-refractivity contribution < 1.29 is 24.3 Å². The maximum absolute atomic E-state index is 13.5. The lowest BCUT2D eigenvalue weighted by atomic mass is 10.0. The number of carboxylic acid groups (broad SMARTS) is 1. The largest absolute Gasteiger partial charge is 0.480 e. The third-order valence-electron chi connectivity index (χ3n) is 7.58. The van der Waals surface area contributed by atoms with Crippen LogP contribution in [0.15, 0.2) is 60.7 Å². The molecule has 2 aromatic carbocycles. The summed E-state index contributed by atoms with van der Waals surface area (Å²) in [5, 5.41) is 12.5. The van der Waals surface area contributed by atoms with Crippen LogP contribution < -0.4 is 11.1 Å². The van der Waals surface area contributed by atoms with Crippen molar-refractivity contribution in [3.05, 3.63) is 71.8 Å². The van der Waals surface area contributed by atoms with Gasteiger partial charge in [0.2, 0.25) is 17.7 Å². The fourth-order valence-electron chi connectivity index (χ4n) is 5.72. The van der Waals surface area contributed by atoms with Gasteiger partial charge in [0.15, 0.2) is 0 Å². The Hall–Kier alpha value is -3.72. The van der Waals surface area contributed by atoms with Crippen LogP contribution in [-0.2, 0) is 32.0 Å². The van der Waals surface area contributed by atoms with Crippen molar-refractivity contribution in [2.45, 2.75) is 75.5 Å². The topological polar surface area (TPSA) is 133 Å². The number of benzene rings is 2. The highest BCUT2D eigenvalue weighted by Gasteiger charge is 2.42. The first-order valence-corrected chi connectivity index (χ1v) is 13.8. The van der Waals surface area contributed by atoms with Gasteiger partial charge in [-0.2, -0.15) is 0 Å². The Labute approximate surface area is 229 Å². The minimum atomic E-state index is -1.01. The van der Waals surface area contributed by atoms with Crippen LogP contribution in [0, 0.1) is 0 Å². The first-order valence-electron chi connectivity index (χ1n) is 13.8. The van der Waals surface area contributed by atoms with Crippen LogP contribution in [0.5, 0.6) is 0 Å². The molecule has 208 valence electrons. The second kappa shape index (κ2) is 13.4. The molecule has 4 N–H and O–H groups in total. The van der Waals surface area contributed by atoms with Gasteiger partial charge in [0, 0.05) is 38.0 Å². The number of amides is 3. The standard InChI is InChI=1S/C30H38N4O5/c31-23(17-21-9-3-1-4-10-21)19-27(35)32-24(18-22-11-5-2-6-12-22)20-28(36)33-15-7-13-25(33)29(37)34-16-8-14-26(34)30(38)39/h1-6,9-12,23-26H,7-8,13-20,31H2,(H,32,35)(H,38,39)/t23-,24-,25-,26-/m0/s1. The molecule has 0 radical (unpaired) electrons. The number of rotatable bonds is 11. The Morgan fingerprint density at radius 1 is 0.821 bits per heavy atom. The number of aliphatic carboxylic acids is 1. The molecular weight excluding hydrogens is 496 g/mol. The first kappa shape index (κ1) is 28.3. The average molecular weight is 535 g/mol. The highest BCUT2D eigenvalue weighted by molar-refractivity contribution is 5.91. The zero-order valence-corrected chi connectivity index (χ0v) is 22.2. The zero-order chi connectivity index (χ0) is 27.8. The Morgan fingerprint density at radius 3 is 2.00 bits per heavy atom. The molecule has 2 saturated heterocycles. The van der Waals surface area contributed by atoms with E-state index in [2.05, 4.69) is 5.32 Å². The number of likely N-dealkylation sites (tertiary alicyclic amines) is 2. The van der Waals surface area contributed by atoms with E-state index in [1.54, 1.807) is 4.90 Å². The molecule has 9 heteroatoms. The lowest BCUT2D eigenvalue weighted by molar-refractivity contribution is -0.151. The van der Waals surface area contributed by atoms with Crippen molar-refractivity contribution in [3.63, 3.8) is 0 Å². The summed E-state index contributed by atoms with van der Waals surface area (Å²) in [4.78, 5) is 54.4. The normalized spacial score (nSPS) is 20.4. The molecule has 0 unspecified atom stereocenters. The van der Waals surface area contributed by atoms with Crippen LogP contribution in [0.4, 0.5) is 0 Å². The van der Waals surface area contributed by atoms with Crippen LogP contribution >= 0.6 is 0 Å². The van der Waals surface area contributed by atoms with E-state index in [0.29, 0.717) is 51.6 Å². The van der Waals surface area contributed by atoms with Crippen molar-refractivity contribution in [1.82, 2.24) is 15.1 Å². The molecule has 9 nitrogen and oxygen atoms in total. The second-order valence-corrected chi connectivity index (χ2v) is 10.6. The smallest absolute Gasteiger partial charge is 0.326 e. The van der Waals surface area contributed by atoms with Gasteiger partial charge in [-0.05, 0) is 49.7 Å². The van der Waals surface area contributed by atoms with Crippen LogP contribution in [-0.4, -0.2) is 75.9 Å². The highest BCUT2D eigenvalue weighted by Crippen LogP contribution is 2.26. The van der Waals surface area contributed by atoms with E-state index in [1.807, 2.05) is 60.7 Å². The number of nitrogens with one attached hydrogen (secondary N) is 1. The SMILES string of the molecule is N[C@H](CC(=O)N[C@H](CC(=O)N1CCC[C@H]1C(=O)N1CCC[C@H]1C(=O)O)Cc1ccccc1)Cc1ccccc1. The molecule has 0 spiro atoms. The molecule has 3 amide bonds. The minimum absolute atomic E-state index is 0.0424. The number of hydrogen-bond acceptors (Lipinski definition) is 5.